The van der Waals surface area contributed by atoms with E-state index in [-0.39, 0.29) is 12.2 Å². The van der Waals surface area contributed by atoms with E-state index in [1.165, 1.54) is 6.26 Å². The quantitative estimate of drug-likeness (QED) is 0.848. The van der Waals surface area contributed by atoms with Gasteiger partial charge in [0.2, 0.25) is 0 Å². The number of aromatic nitrogens is 1. The zero-order chi connectivity index (χ0) is 16.2. The van der Waals surface area contributed by atoms with Gasteiger partial charge in [-0.15, -0.1) is 0 Å². The van der Waals surface area contributed by atoms with Crippen LogP contribution in [0.5, 0.6) is 0 Å². The number of nitrogens with one attached hydrogen (secondary N) is 2. The molecular weight excluding hydrogens is 303 g/mol. The van der Waals surface area contributed by atoms with Gasteiger partial charge in [0.05, 0.1) is 24.7 Å². The van der Waals surface area contributed by atoms with E-state index in [0.717, 1.165) is 12.3 Å². The van der Waals surface area contributed by atoms with Gasteiger partial charge in [-0.25, -0.2) is 4.98 Å². The zero-order valence-electron chi connectivity index (χ0n) is 11.0. The van der Waals surface area contributed by atoms with E-state index in [1.54, 1.807) is 12.1 Å². The molecular formula is C13H10F3N3O3. The minimum absolute atomic E-state index is 0.0184. The van der Waals surface area contributed by atoms with E-state index in [1.807, 2.05) is 0 Å². The summed E-state index contributed by atoms with van der Waals surface area (Å²) < 4.78 is 41.9. The second-order valence-electron chi connectivity index (χ2n) is 4.15. The van der Waals surface area contributed by atoms with Gasteiger partial charge in [-0.1, -0.05) is 0 Å². The summed E-state index contributed by atoms with van der Waals surface area (Å²) in [6.07, 6.45) is -2.33. The fraction of sp³-hybridized carbons (Fsp3) is 0.154. The fourth-order valence-corrected chi connectivity index (χ4v) is 1.48. The van der Waals surface area contributed by atoms with Crippen LogP contribution in [0.15, 0.2) is 41.1 Å². The van der Waals surface area contributed by atoms with Crippen molar-refractivity contribution in [2.75, 3.05) is 5.32 Å². The molecule has 9 heteroatoms. The summed E-state index contributed by atoms with van der Waals surface area (Å²) in [5.41, 5.74) is -1.11. The Morgan fingerprint density at radius 1 is 1.18 bits per heavy atom. The molecule has 0 bridgehead atoms. The molecule has 116 valence electrons. The molecule has 0 unspecified atom stereocenters. The van der Waals surface area contributed by atoms with Crippen LogP contribution in [0.3, 0.4) is 0 Å². The number of nitrogens with zero attached hydrogens (tertiary/aromatic N) is 1. The number of rotatable bonds is 3. The van der Waals surface area contributed by atoms with Crippen LogP contribution in [0.4, 0.5) is 18.9 Å². The van der Waals surface area contributed by atoms with Crippen LogP contribution >= 0.6 is 0 Å². The van der Waals surface area contributed by atoms with Crippen molar-refractivity contribution >= 4 is 17.5 Å². The van der Waals surface area contributed by atoms with Crippen LogP contribution in [-0.2, 0) is 22.3 Å². The number of hydrogen-bond donors (Lipinski definition) is 2. The molecule has 0 fully saturated rings. The van der Waals surface area contributed by atoms with Crippen molar-refractivity contribution in [2.45, 2.75) is 12.7 Å². The number of halogens is 3. The van der Waals surface area contributed by atoms with Crippen molar-refractivity contribution in [3.63, 3.8) is 0 Å². The molecule has 0 saturated carbocycles. The summed E-state index contributed by atoms with van der Waals surface area (Å²) in [7, 11) is 0. The molecule has 2 N–H and O–H groups in total. The van der Waals surface area contributed by atoms with Gasteiger partial charge in [0.1, 0.15) is 11.5 Å². The Balaban J connectivity index is 1.89. The van der Waals surface area contributed by atoms with Crippen LogP contribution in [0.2, 0.25) is 0 Å². The third-order valence-corrected chi connectivity index (χ3v) is 2.52. The molecule has 0 radical (unpaired) electrons. The summed E-state index contributed by atoms with van der Waals surface area (Å²) >= 11 is 0. The number of hydrogen-bond acceptors (Lipinski definition) is 4. The van der Waals surface area contributed by atoms with E-state index in [2.05, 4.69) is 15.6 Å². The molecule has 22 heavy (non-hydrogen) atoms. The van der Waals surface area contributed by atoms with E-state index in [9.17, 15) is 22.8 Å². The number of alkyl halides is 3. The molecule has 2 heterocycles. The molecule has 0 aliphatic carbocycles. The summed E-state index contributed by atoms with van der Waals surface area (Å²) in [6, 6.07) is 4.94. The fourth-order valence-electron chi connectivity index (χ4n) is 1.48. The Kier molecular flexibility index (Phi) is 4.44. The number of pyridine rings is 1. The monoisotopic (exact) mass is 313 g/mol. The average molecular weight is 313 g/mol. The lowest BCUT2D eigenvalue weighted by Crippen LogP contribution is -2.34. The molecule has 0 aromatic carbocycles. The Labute approximate surface area is 122 Å². The maximum absolute atomic E-state index is 12.3. The third kappa shape index (κ3) is 4.08. The standard InChI is InChI=1S/C13H10F3N3O3/c14-13(15,16)10-4-3-8(6-17-10)19-12(21)11(20)18-7-9-2-1-5-22-9/h1-6H,7H2,(H,18,20)(H,19,21). The number of amides is 2. The van der Waals surface area contributed by atoms with Gasteiger partial charge in [-0.2, -0.15) is 13.2 Å². The largest absolute Gasteiger partial charge is 0.467 e. The van der Waals surface area contributed by atoms with Crippen molar-refractivity contribution in [3.8, 4) is 0 Å². The lowest BCUT2D eigenvalue weighted by molar-refractivity contribution is -0.141. The highest BCUT2D eigenvalue weighted by Crippen LogP contribution is 2.27. The lowest BCUT2D eigenvalue weighted by Gasteiger charge is -2.08. The third-order valence-electron chi connectivity index (χ3n) is 2.52. The molecule has 2 aromatic heterocycles. The van der Waals surface area contributed by atoms with Crippen LogP contribution in [-0.4, -0.2) is 16.8 Å². The van der Waals surface area contributed by atoms with E-state index >= 15 is 0 Å². The first-order chi connectivity index (χ1) is 10.4. The Bertz CT molecular complexity index is 651. The zero-order valence-corrected chi connectivity index (χ0v) is 11.0. The van der Waals surface area contributed by atoms with Gasteiger partial charge in [-0.05, 0) is 24.3 Å². The SMILES string of the molecule is O=C(NCc1ccco1)C(=O)Nc1ccc(C(F)(F)F)nc1. The van der Waals surface area contributed by atoms with Crippen LogP contribution in [0.1, 0.15) is 11.5 Å². The summed E-state index contributed by atoms with van der Waals surface area (Å²) in [5.74, 6) is -1.51. The maximum Gasteiger partial charge on any atom is 0.433 e. The number of anilines is 1. The van der Waals surface area contributed by atoms with Gasteiger partial charge in [0.15, 0.2) is 0 Å². The first-order valence-corrected chi connectivity index (χ1v) is 6.01. The molecule has 0 atom stereocenters. The predicted molar refractivity (Wildman–Crippen MR) is 68.4 cm³/mol. The van der Waals surface area contributed by atoms with Crippen molar-refractivity contribution in [2.24, 2.45) is 0 Å². The Morgan fingerprint density at radius 2 is 1.95 bits per heavy atom. The second-order valence-corrected chi connectivity index (χ2v) is 4.15. The van der Waals surface area contributed by atoms with Gasteiger partial charge >= 0.3 is 18.0 Å². The molecule has 0 spiro atoms. The van der Waals surface area contributed by atoms with Gasteiger partial charge < -0.3 is 15.1 Å². The summed E-state index contributed by atoms with van der Waals surface area (Å²) in [5, 5.41) is 4.43. The van der Waals surface area contributed by atoms with E-state index in [0.29, 0.717) is 11.8 Å². The maximum atomic E-state index is 12.3. The predicted octanol–water partition coefficient (Wildman–Crippen LogP) is 1.95. The lowest BCUT2D eigenvalue weighted by atomic mass is 10.3. The minimum atomic E-state index is -4.57. The molecule has 6 nitrogen and oxygen atoms in total. The topological polar surface area (TPSA) is 84.2 Å². The number of furan rings is 1. The van der Waals surface area contributed by atoms with Crippen LogP contribution in [0.25, 0.3) is 0 Å². The highest BCUT2D eigenvalue weighted by Gasteiger charge is 2.32. The molecule has 2 rings (SSSR count). The minimum Gasteiger partial charge on any atom is -0.467 e. The smallest absolute Gasteiger partial charge is 0.433 e. The van der Waals surface area contributed by atoms with Gasteiger partial charge in [0.25, 0.3) is 0 Å². The summed E-state index contributed by atoms with van der Waals surface area (Å²) in [6.45, 7) is 0.0184. The van der Waals surface area contributed by atoms with Crippen molar-refractivity contribution in [1.29, 1.82) is 0 Å². The molecule has 0 aliphatic rings. The van der Waals surface area contributed by atoms with Crippen molar-refractivity contribution in [1.82, 2.24) is 10.3 Å². The van der Waals surface area contributed by atoms with E-state index in [4.69, 9.17) is 4.42 Å². The first kappa shape index (κ1) is 15.5. The van der Waals surface area contributed by atoms with Gasteiger partial charge in [0, 0.05) is 0 Å². The highest BCUT2D eigenvalue weighted by molar-refractivity contribution is 6.39. The average Bonchev–Trinajstić information content (AvgIpc) is 2.97. The molecule has 0 saturated heterocycles. The van der Waals surface area contributed by atoms with Crippen molar-refractivity contribution in [3.05, 3.63) is 48.2 Å². The van der Waals surface area contributed by atoms with E-state index < -0.39 is 23.7 Å². The normalized spacial score (nSPS) is 11.0. The molecule has 2 aromatic rings. The summed E-state index contributed by atoms with van der Waals surface area (Å²) in [4.78, 5) is 26.2. The number of carbonyl (C=O) groups excluding carboxylic acids is 2. The second kappa shape index (κ2) is 6.29. The first-order valence-electron chi connectivity index (χ1n) is 6.01. The number of carbonyl (C=O) groups is 2. The Hall–Kier alpha value is -2.84. The van der Waals surface area contributed by atoms with Crippen LogP contribution in [0, 0.1) is 0 Å². The Morgan fingerprint density at radius 3 is 2.50 bits per heavy atom. The molecule has 0 aliphatic heterocycles. The van der Waals surface area contributed by atoms with Crippen LogP contribution < -0.4 is 10.6 Å². The van der Waals surface area contributed by atoms with Crippen molar-refractivity contribution < 1.29 is 27.2 Å². The highest BCUT2D eigenvalue weighted by atomic mass is 19.4. The van der Waals surface area contributed by atoms with Gasteiger partial charge in [-0.3, -0.25) is 9.59 Å². The molecule has 2 amide bonds.